The van der Waals surface area contributed by atoms with Crippen LogP contribution in [0.1, 0.15) is 15.3 Å². The number of nitrogens with two attached hydrogens (primary N) is 1. The molecule has 0 aliphatic carbocycles. The van der Waals surface area contributed by atoms with Crippen LogP contribution in [0.2, 0.25) is 0 Å². The van der Waals surface area contributed by atoms with Crippen molar-refractivity contribution >= 4 is 16.4 Å². The molecular weight excluding hydrogens is 428 g/mol. The Balaban J connectivity index is 0.00000204. The second kappa shape index (κ2) is 9.05. The summed E-state index contributed by atoms with van der Waals surface area (Å²) in [5, 5.41) is 11.3. The topological polar surface area (TPSA) is 143 Å². The van der Waals surface area contributed by atoms with Crippen LogP contribution in [0.25, 0.3) is 34.3 Å². The maximum absolute atomic E-state index is 10.1. The second-order valence-corrected chi connectivity index (χ2v) is 9.49. The summed E-state index contributed by atoms with van der Waals surface area (Å²) >= 11 is 0. The van der Waals surface area contributed by atoms with Crippen molar-refractivity contribution in [3.8, 4) is 34.3 Å². The van der Waals surface area contributed by atoms with Crippen molar-refractivity contribution in [2.45, 2.75) is 18.4 Å². The van der Waals surface area contributed by atoms with Crippen molar-refractivity contribution in [2.75, 3.05) is 18.5 Å². The molecule has 0 saturated carbocycles. The maximum atomic E-state index is 10.1. The molecule has 10 heteroatoms. The Morgan fingerprint density at radius 3 is 2.31 bits per heavy atom. The minimum Gasteiger partial charge on any atom is -0.414 e. The summed E-state index contributed by atoms with van der Waals surface area (Å²) in [7, 11) is -0.884. The van der Waals surface area contributed by atoms with Crippen LogP contribution >= 0.6 is 10.6 Å². The lowest BCUT2D eigenvalue weighted by Gasteiger charge is -2.30. The molecule has 0 radical (unpaired) electrons. The summed E-state index contributed by atoms with van der Waals surface area (Å²) in [6.07, 6.45) is 1.55. The molecule has 0 aliphatic rings. The number of rotatable bonds is 7. The van der Waals surface area contributed by atoms with E-state index in [1.54, 1.807) is 37.4 Å². The summed E-state index contributed by atoms with van der Waals surface area (Å²) in [6.45, 7) is 2.50. The van der Waals surface area contributed by atoms with Gasteiger partial charge in [0.1, 0.15) is 0 Å². The highest BCUT2D eigenvalue weighted by molar-refractivity contribution is 8.24. The predicted molar refractivity (Wildman–Crippen MR) is 129 cm³/mol. The average Bonchev–Trinajstić information content (AvgIpc) is 3.30. The van der Waals surface area contributed by atoms with Gasteiger partial charge in [-0.2, -0.15) is 10.6 Å². The highest BCUT2D eigenvalue weighted by Gasteiger charge is 2.18. The van der Waals surface area contributed by atoms with Gasteiger partial charge in [0.25, 0.3) is 5.89 Å². The SMILES string of the molecule is CCS(O)(O)c1ccc(-c2cnc(N)c(-c3nnc(-c4ccc(CNC)cc4)o3)n2)cc1.[HH].[HH]. The standard InChI is InChI=1S/C22H24N6O3S.2H2/c1-3-32(29,30)17-10-8-15(9-11-17)18-13-25-20(23)19(26-18)22-28-27-21(31-22)16-6-4-14(5-7-16)12-24-2;;/h4-11,13,24,29-30H,3,12H2,1-2H3,(H2,23,25);2*1H. The predicted octanol–water partition coefficient (Wildman–Crippen LogP) is 4.78. The van der Waals surface area contributed by atoms with Gasteiger partial charge in [0.05, 0.1) is 16.8 Å². The van der Waals surface area contributed by atoms with E-state index in [1.165, 1.54) is 0 Å². The zero-order valence-corrected chi connectivity index (χ0v) is 18.5. The number of benzene rings is 2. The van der Waals surface area contributed by atoms with Crippen LogP contribution in [0, 0.1) is 0 Å². The molecule has 32 heavy (non-hydrogen) atoms. The fourth-order valence-corrected chi connectivity index (χ4v) is 4.02. The Morgan fingerprint density at radius 1 is 1.00 bits per heavy atom. The molecule has 170 valence electrons. The van der Waals surface area contributed by atoms with Crippen LogP contribution in [0.15, 0.2) is 64.0 Å². The molecule has 4 aromatic rings. The van der Waals surface area contributed by atoms with E-state index in [4.69, 9.17) is 10.2 Å². The molecule has 4 rings (SSSR count). The molecule has 9 nitrogen and oxygen atoms in total. The van der Waals surface area contributed by atoms with Crippen molar-refractivity contribution in [3.63, 3.8) is 0 Å². The molecule has 0 bridgehead atoms. The molecule has 2 aromatic heterocycles. The van der Waals surface area contributed by atoms with Crippen molar-refractivity contribution in [1.29, 1.82) is 0 Å². The zero-order valence-electron chi connectivity index (χ0n) is 17.7. The first-order valence-corrected chi connectivity index (χ1v) is 11.7. The average molecular weight is 457 g/mol. The van der Waals surface area contributed by atoms with E-state index in [0.717, 1.165) is 23.2 Å². The van der Waals surface area contributed by atoms with Gasteiger partial charge in [-0.1, -0.05) is 24.3 Å². The lowest BCUT2D eigenvalue weighted by molar-refractivity contribution is 0.488. The minimum absolute atomic E-state index is 0. The summed E-state index contributed by atoms with van der Waals surface area (Å²) < 4.78 is 26.0. The fraction of sp³-hybridized carbons (Fsp3) is 0.182. The first-order valence-electron chi connectivity index (χ1n) is 9.98. The van der Waals surface area contributed by atoms with E-state index < -0.39 is 10.6 Å². The zero-order chi connectivity index (χ0) is 22.7. The van der Waals surface area contributed by atoms with Gasteiger partial charge in [-0.3, -0.25) is 9.11 Å². The third kappa shape index (κ3) is 4.48. The molecule has 0 unspecified atom stereocenters. The van der Waals surface area contributed by atoms with E-state index >= 15 is 0 Å². The number of nitrogen functional groups attached to an aromatic ring is 1. The number of hydrogen-bond donors (Lipinski definition) is 4. The van der Waals surface area contributed by atoms with Crippen molar-refractivity contribution in [2.24, 2.45) is 0 Å². The van der Waals surface area contributed by atoms with Crippen LogP contribution < -0.4 is 11.1 Å². The normalized spacial score (nSPS) is 12.1. The van der Waals surface area contributed by atoms with Crippen LogP contribution in [0.4, 0.5) is 5.82 Å². The quantitative estimate of drug-likeness (QED) is 0.309. The summed E-state index contributed by atoms with van der Waals surface area (Å²) in [5.41, 5.74) is 9.54. The molecule has 0 spiro atoms. The number of anilines is 1. The Labute approximate surface area is 190 Å². The van der Waals surface area contributed by atoms with Crippen molar-refractivity contribution in [3.05, 3.63) is 60.3 Å². The van der Waals surface area contributed by atoms with Crippen LogP contribution in [-0.4, -0.2) is 42.1 Å². The molecule has 0 aliphatic heterocycles. The Morgan fingerprint density at radius 2 is 1.66 bits per heavy atom. The highest BCUT2D eigenvalue weighted by atomic mass is 32.3. The lowest BCUT2D eigenvalue weighted by atomic mass is 10.1. The largest absolute Gasteiger partial charge is 0.414 e. The fourth-order valence-electron chi connectivity index (χ4n) is 3.11. The minimum atomic E-state index is -2.78. The summed E-state index contributed by atoms with van der Waals surface area (Å²) in [4.78, 5) is 9.26. The van der Waals surface area contributed by atoms with Gasteiger partial charge < -0.3 is 15.5 Å². The molecule has 2 heterocycles. The smallest absolute Gasteiger partial charge is 0.270 e. The van der Waals surface area contributed by atoms with Gasteiger partial charge in [0.15, 0.2) is 11.5 Å². The second-order valence-electron chi connectivity index (χ2n) is 7.11. The van der Waals surface area contributed by atoms with E-state index in [9.17, 15) is 9.11 Å². The summed E-state index contributed by atoms with van der Waals surface area (Å²) in [6, 6.07) is 14.7. The molecule has 0 atom stereocenters. The molecule has 0 amide bonds. The van der Waals surface area contributed by atoms with Crippen LogP contribution in [0.5, 0.6) is 0 Å². The molecule has 0 fully saturated rings. The van der Waals surface area contributed by atoms with E-state index in [-0.39, 0.29) is 26.0 Å². The monoisotopic (exact) mass is 456 g/mol. The molecular formula is C22H28N6O3S. The van der Waals surface area contributed by atoms with Gasteiger partial charge in [-0.05, 0) is 43.8 Å². The number of aromatic nitrogens is 4. The number of hydrogen-bond acceptors (Lipinski definition) is 9. The van der Waals surface area contributed by atoms with Gasteiger partial charge in [-0.25, -0.2) is 9.97 Å². The van der Waals surface area contributed by atoms with Gasteiger partial charge in [0, 0.05) is 26.3 Å². The summed E-state index contributed by atoms with van der Waals surface area (Å²) in [5.74, 6) is 0.959. The van der Waals surface area contributed by atoms with Crippen molar-refractivity contribution in [1.82, 2.24) is 25.5 Å². The van der Waals surface area contributed by atoms with E-state index in [1.807, 2.05) is 31.3 Å². The van der Waals surface area contributed by atoms with Gasteiger partial charge >= 0.3 is 0 Å². The van der Waals surface area contributed by atoms with E-state index in [2.05, 4.69) is 25.5 Å². The third-order valence-electron chi connectivity index (χ3n) is 4.94. The van der Waals surface area contributed by atoms with Crippen molar-refractivity contribution < 1.29 is 16.4 Å². The maximum Gasteiger partial charge on any atom is 0.270 e. The molecule has 0 saturated heterocycles. The van der Waals surface area contributed by atoms with Gasteiger partial charge in [0.2, 0.25) is 5.89 Å². The number of nitrogens with one attached hydrogen (secondary N) is 1. The van der Waals surface area contributed by atoms with Gasteiger partial charge in [-0.15, -0.1) is 10.2 Å². The number of nitrogens with zero attached hydrogens (tertiary/aromatic N) is 4. The first-order chi connectivity index (χ1) is 15.4. The Kier molecular flexibility index (Phi) is 6.19. The molecule has 2 aromatic carbocycles. The van der Waals surface area contributed by atoms with Crippen LogP contribution in [-0.2, 0) is 6.54 Å². The first kappa shape index (κ1) is 21.9. The third-order valence-corrected chi connectivity index (χ3v) is 6.77. The van der Waals surface area contributed by atoms with E-state index in [0.29, 0.717) is 16.5 Å². The Hall–Kier alpha value is -3.31. The van der Waals surface area contributed by atoms with Crippen LogP contribution in [0.3, 0.4) is 0 Å². The Bertz CT molecular complexity index is 1220. The highest BCUT2D eigenvalue weighted by Crippen LogP contribution is 2.47. The lowest BCUT2D eigenvalue weighted by Crippen LogP contribution is -2.04. The molecule has 5 N–H and O–H groups in total.